The Bertz CT molecular complexity index is 1230. The van der Waals surface area contributed by atoms with E-state index in [2.05, 4.69) is 64.4 Å². The van der Waals surface area contributed by atoms with Crippen LogP contribution < -0.4 is 20.4 Å². The minimum Gasteiger partial charge on any atom is -0.369 e. The Hall–Kier alpha value is -3.20. The number of aryl methyl sites for hydroxylation is 1. The summed E-state index contributed by atoms with van der Waals surface area (Å²) >= 11 is 0. The predicted molar refractivity (Wildman–Crippen MR) is 149 cm³/mol. The Morgan fingerprint density at radius 1 is 1.11 bits per heavy atom. The maximum Gasteiger partial charge on any atom is 0.244 e. The number of carbonyl (C=O) groups excluding carboxylic acids is 2. The summed E-state index contributed by atoms with van der Waals surface area (Å²) < 4.78 is 0. The van der Waals surface area contributed by atoms with Crippen molar-refractivity contribution in [2.24, 2.45) is 5.41 Å². The monoisotopic (exact) mass is 517 g/mol. The molecule has 3 aliphatic heterocycles. The molecule has 1 aromatic carbocycles. The number of hydrogen-bond donors (Lipinski definition) is 2. The molecule has 9 heteroatoms. The molecule has 1 aromatic heterocycles. The van der Waals surface area contributed by atoms with E-state index in [0.717, 1.165) is 63.1 Å². The van der Waals surface area contributed by atoms with Crippen LogP contribution in [0.15, 0.2) is 24.4 Å². The van der Waals surface area contributed by atoms with Crippen molar-refractivity contribution in [3.63, 3.8) is 0 Å². The summed E-state index contributed by atoms with van der Waals surface area (Å²) in [6, 6.07) is 7.08. The van der Waals surface area contributed by atoms with Crippen LogP contribution in [0.2, 0.25) is 0 Å². The van der Waals surface area contributed by atoms with Gasteiger partial charge in [0, 0.05) is 74.4 Å². The molecule has 38 heavy (non-hydrogen) atoms. The van der Waals surface area contributed by atoms with E-state index in [9.17, 15) is 9.59 Å². The van der Waals surface area contributed by atoms with Gasteiger partial charge < -0.3 is 15.5 Å². The molecule has 2 aromatic rings. The SMILES string of the molecule is Cc1cc(Nc2ncc3c(n2)N(C2CCCC2)C(=O)[C@]2(CCNC2=O)C3)ccc1N1CCN(C(C)C)CC1. The van der Waals surface area contributed by atoms with E-state index in [1.54, 1.807) is 0 Å². The van der Waals surface area contributed by atoms with Crippen molar-refractivity contribution in [1.82, 2.24) is 20.2 Å². The number of piperazine rings is 1. The molecule has 6 rings (SSSR count). The third-order valence-electron chi connectivity index (χ3n) is 8.99. The summed E-state index contributed by atoms with van der Waals surface area (Å²) in [6.45, 7) is 11.4. The summed E-state index contributed by atoms with van der Waals surface area (Å²) in [4.78, 5) is 43.0. The molecule has 0 unspecified atom stereocenters. The van der Waals surface area contributed by atoms with Gasteiger partial charge in [0.2, 0.25) is 17.8 Å². The number of nitrogens with one attached hydrogen (secondary N) is 2. The highest BCUT2D eigenvalue weighted by Gasteiger charge is 2.56. The first kappa shape index (κ1) is 25.1. The van der Waals surface area contributed by atoms with Gasteiger partial charge in [0.25, 0.3) is 0 Å². The fraction of sp³-hybridized carbons (Fsp3) is 0.586. The molecule has 0 bridgehead atoms. The van der Waals surface area contributed by atoms with Crippen LogP contribution >= 0.6 is 0 Å². The van der Waals surface area contributed by atoms with E-state index in [0.29, 0.717) is 37.2 Å². The predicted octanol–water partition coefficient (Wildman–Crippen LogP) is 3.40. The smallest absolute Gasteiger partial charge is 0.244 e. The second-order valence-electron chi connectivity index (χ2n) is 11.7. The van der Waals surface area contributed by atoms with Gasteiger partial charge in [0.15, 0.2) is 0 Å². The molecule has 2 saturated heterocycles. The first-order valence-electron chi connectivity index (χ1n) is 14.2. The van der Waals surface area contributed by atoms with E-state index in [4.69, 9.17) is 4.98 Å². The quantitative estimate of drug-likeness (QED) is 0.587. The van der Waals surface area contributed by atoms with Crippen molar-refractivity contribution in [3.05, 3.63) is 35.5 Å². The Morgan fingerprint density at radius 3 is 2.53 bits per heavy atom. The third-order valence-corrected chi connectivity index (χ3v) is 8.99. The molecule has 0 radical (unpaired) electrons. The molecule has 9 nitrogen and oxygen atoms in total. The molecule has 1 atom stereocenters. The first-order valence-corrected chi connectivity index (χ1v) is 14.2. The van der Waals surface area contributed by atoms with E-state index in [1.807, 2.05) is 11.1 Å². The zero-order chi connectivity index (χ0) is 26.4. The van der Waals surface area contributed by atoms with Crippen molar-refractivity contribution >= 4 is 35.0 Å². The van der Waals surface area contributed by atoms with Crippen molar-refractivity contribution in [1.29, 1.82) is 0 Å². The lowest BCUT2D eigenvalue weighted by molar-refractivity contribution is -0.140. The molecule has 4 heterocycles. The van der Waals surface area contributed by atoms with E-state index >= 15 is 0 Å². The Balaban J connectivity index is 1.24. The number of amides is 2. The normalized spacial score (nSPS) is 24.4. The van der Waals surface area contributed by atoms with Crippen LogP contribution in [0.4, 0.5) is 23.1 Å². The zero-order valence-electron chi connectivity index (χ0n) is 22.8. The van der Waals surface area contributed by atoms with Crippen LogP contribution in [-0.2, 0) is 16.0 Å². The standard InChI is InChI=1S/C29H39N7O2/c1-19(2)34-12-14-35(15-13-34)24-9-8-22(16-20(24)3)32-28-31-18-21-17-29(10-11-30-26(29)37)27(38)36(25(21)33-28)23-6-4-5-7-23/h8-9,16,18-19,23H,4-7,10-15,17H2,1-3H3,(H,30,37)(H,31,32,33)/t29-/m1/s1. The maximum absolute atomic E-state index is 13.8. The minimum absolute atomic E-state index is 0.0886. The molecule has 1 aliphatic carbocycles. The average Bonchev–Trinajstić information content (AvgIpc) is 3.56. The number of anilines is 4. The van der Waals surface area contributed by atoms with Crippen LogP contribution in [-0.4, -0.2) is 71.5 Å². The highest BCUT2D eigenvalue weighted by atomic mass is 16.2. The Labute approximate surface area is 225 Å². The molecule has 1 spiro atoms. The van der Waals surface area contributed by atoms with Gasteiger partial charge in [-0.1, -0.05) is 12.8 Å². The number of hydrogen-bond acceptors (Lipinski definition) is 7. The number of aromatic nitrogens is 2. The number of benzene rings is 1. The summed E-state index contributed by atoms with van der Waals surface area (Å²) in [7, 11) is 0. The fourth-order valence-electron chi connectivity index (χ4n) is 6.76. The summed E-state index contributed by atoms with van der Waals surface area (Å²) in [6.07, 6.45) is 6.79. The number of rotatable bonds is 5. The van der Waals surface area contributed by atoms with Gasteiger partial charge in [-0.05, 0) is 63.8 Å². The van der Waals surface area contributed by atoms with Crippen molar-refractivity contribution < 1.29 is 9.59 Å². The molecule has 202 valence electrons. The second kappa shape index (κ2) is 9.84. The third kappa shape index (κ3) is 4.30. The van der Waals surface area contributed by atoms with Crippen molar-refractivity contribution in [3.8, 4) is 0 Å². The highest BCUT2D eigenvalue weighted by molar-refractivity contribution is 6.14. The molecule has 3 fully saturated rings. The number of carbonyl (C=O) groups is 2. The van der Waals surface area contributed by atoms with Crippen molar-refractivity contribution in [2.75, 3.05) is 47.8 Å². The van der Waals surface area contributed by atoms with Crippen molar-refractivity contribution in [2.45, 2.75) is 71.4 Å². The minimum atomic E-state index is -1.01. The molecular formula is C29H39N7O2. The fourth-order valence-corrected chi connectivity index (χ4v) is 6.76. The van der Waals surface area contributed by atoms with E-state index in [1.165, 1.54) is 11.3 Å². The van der Waals surface area contributed by atoms with Gasteiger partial charge in [-0.3, -0.25) is 19.4 Å². The number of nitrogens with zero attached hydrogens (tertiary/aromatic N) is 5. The molecule has 2 N–H and O–H groups in total. The van der Waals surface area contributed by atoms with Gasteiger partial charge >= 0.3 is 0 Å². The van der Waals surface area contributed by atoms with Gasteiger partial charge in [-0.15, -0.1) is 0 Å². The zero-order valence-corrected chi connectivity index (χ0v) is 22.8. The van der Waals surface area contributed by atoms with Gasteiger partial charge in [0.05, 0.1) is 0 Å². The summed E-state index contributed by atoms with van der Waals surface area (Å²) in [5, 5.41) is 6.27. The lowest BCUT2D eigenvalue weighted by Crippen LogP contribution is -2.56. The van der Waals surface area contributed by atoms with Crippen LogP contribution in [0, 0.1) is 12.3 Å². The molecule has 2 amide bonds. The molecule has 4 aliphatic rings. The highest BCUT2D eigenvalue weighted by Crippen LogP contribution is 2.44. The lowest BCUT2D eigenvalue weighted by atomic mass is 9.76. The van der Waals surface area contributed by atoms with Crippen LogP contribution in [0.5, 0.6) is 0 Å². The maximum atomic E-state index is 13.8. The van der Waals surface area contributed by atoms with Gasteiger partial charge in [-0.2, -0.15) is 4.98 Å². The van der Waals surface area contributed by atoms with Gasteiger partial charge in [-0.25, -0.2) is 4.98 Å². The second-order valence-corrected chi connectivity index (χ2v) is 11.7. The van der Waals surface area contributed by atoms with E-state index in [-0.39, 0.29) is 17.9 Å². The molecule has 1 saturated carbocycles. The number of fused-ring (bicyclic) bond motifs is 1. The molecular weight excluding hydrogens is 478 g/mol. The van der Waals surface area contributed by atoms with Crippen LogP contribution in [0.25, 0.3) is 0 Å². The van der Waals surface area contributed by atoms with Gasteiger partial charge in [0.1, 0.15) is 11.2 Å². The largest absolute Gasteiger partial charge is 0.369 e. The summed E-state index contributed by atoms with van der Waals surface area (Å²) in [5.41, 5.74) is 3.27. The lowest BCUT2D eigenvalue weighted by Gasteiger charge is -2.40. The average molecular weight is 518 g/mol. The Morgan fingerprint density at radius 2 is 1.87 bits per heavy atom. The topological polar surface area (TPSA) is 93.7 Å². The van der Waals surface area contributed by atoms with E-state index < -0.39 is 5.41 Å². The van der Waals surface area contributed by atoms with Crippen LogP contribution in [0.1, 0.15) is 57.1 Å². The van der Waals surface area contributed by atoms with Crippen LogP contribution in [0.3, 0.4) is 0 Å². The Kier molecular flexibility index (Phi) is 6.50. The first-order chi connectivity index (χ1) is 18.4. The summed E-state index contributed by atoms with van der Waals surface area (Å²) in [5.74, 6) is 0.902.